The van der Waals surface area contributed by atoms with Gasteiger partial charge in [0.15, 0.2) is 0 Å². The highest BCUT2D eigenvalue weighted by Crippen LogP contribution is 2.17. The summed E-state index contributed by atoms with van der Waals surface area (Å²) in [5.41, 5.74) is 3.56. The van der Waals surface area contributed by atoms with Crippen LogP contribution in [-0.4, -0.2) is 24.2 Å². The summed E-state index contributed by atoms with van der Waals surface area (Å²) >= 11 is 1.72. The second-order valence-electron chi connectivity index (χ2n) is 5.97. The number of urea groups is 1. The molecule has 0 aliphatic carbocycles. The lowest BCUT2D eigenvalue weighted by atomic mass is 10.1. The van der Waals surface area contributed by atoms with Crippen LogP contribution in [-0.2, 0) is 13.0 Å². The predicted octanol–water partition coefficient (Wildman–Crippen LogP) is 4.87. The Morgan fingerprint density at radius 3 is 2.21 bits per heavy atom. The van der Waals surface area contributed by atoms with E-state index in [1.165, 1.54) is 10.5 Å². The number of aryl methyl sites for hydroxylation is 1. The van der Waals surface area contributed by atoms with Gasteiger partial charge in [-0.1, -0.05) is 43.3 Å². The highest BCUT2D eigenvalue weighted by atomic mass is 32.2. The number of hydrogen-bond acceptors (Lipinski definition) is 2. The van der Waals surface area contributed by atoms with Gasteiger partial charge in [-0.15, -0.1) is 11.8 Å². The number of thioether (sulfide) groups is 1. The number of carbonyl (C=O) groups is 1. The Morgan fingerprint density at radius 1 is 1.08 bits per heavy atom. The number of hydrogen-bond donors (Lipinski definition) is 1. The zero-order valence-electron chi connectivity index (χ0n) is 14.9. The van der Waals surface area contributed by atoms with E-state index >= 15 is 0 Å². The highest BCUT2D eigenvalue weighted by Gasteiger charge is 2.13. The van der Waals surface area contributed by atoms with E-state index in [2.05, 4.69) is 67.0 Å². The molecule has 0 heterocycles. The Bertz CT molecular complexity index is 652. The monoisotopic (exact) mass is 342 g/mol. The average Bonchev–Trinajstić information content (AvgIpc) is 2.62. The molecule has 0 aliphatic rings. The van der Waals surface area contributed by atoms with Gasteiger partial charge in [0, 0.05) is 18.5 Å². The van der Waals surface area contributed by atoms with E-state index in [0.29, 0.717) is 6.54 Å². The van der Waals surface area contributed by atoms with Crippen molar-refractivity contribution in [2.75, 3.05) is 13.3 Å². The molecule has 2 aromatic rings. The van der Waals surface area contributed by atoms with Crippen LogP contribution >= 0.6 is 11.8 Å². The number of nitrogens with one attached hydrogen (secondary N) is 1. The molecule has 0 aliphatic heterocycles. The van der Waals surface area contributed by atoms with E-state index in [1.54, 1.807) is 16.7 Å². The van der Waals surface area contributed by atoms with Crippen LogP contribution in [0.2, 0.25) is 0 Å². The number of carbonyl (C=O) groups excluding carboxylic acids is 1. The molecule has 0 radical (unpaired) electrons. The minimum Gasteiger partial charge on any atom is -0.331 e. The van der Waals surface area contributed by atoms with Gasteiger partial charge in [-0.25, -0.2) is 4.79 Å². The third-order valence-electron chi connectivity index (χ3n) is 4.15. The van der Waals surface area contributed by atoms with Gasteiger partial charge in [0.2, 0.25) is 0 Å². The summed E-state index contributed by atoms with van der Waals surface area (Å²) in [6.45, 7) is 4.75. The average molecular weight is 343 g/mol. The smallest absolute Gasteiger partial charge is 0.317 e. The lowest BCUT2D eigenvalue weighted by Crippen LogP contribution is -2.38. The molecule has 4 heteroatoms. The van der Waals surface area contributed by atoms with E-state index in [0.717, 1.165) is 17.5 Å². The van der Waals surface area contributed by atoms with Crippen LogP contribution < -0.4 is 5.32 Å². The third-order valence-corrected chi connectivity index (χ3v) is 4.90. The molecular formula is C20H26N2OS. The molecule has 1 N–H and O–H groups in total. The SMILES string of the molecule is CCc1ccc(C(C)NC(=O)N(C)Cc2ccc(SC)cc2)cc1. The zero-order valence-corrected chi connectivity index (χ0v) is 15.7. The molecule has 24 heavy (non-hydrogen) atoms. The Hall–Kier alpha value is -1.94. The quantitative estimate of drug-likeness (QED) is 0.759. The molecular weight excluding hydrogens is 316 g/mol. The number of rotatable bonds is 6. The van der Waals surface area contributed by atoms with Crippen molar-refractivity contribution in [3.05, 3.63) is 65.2 Å². The van der Waals surface area contributed by atoms with Gasteiger partial charge in [-0.05, 0) is 48.4 Å². The molecule has 3 nitrogen and oxygen atoms in total. The lowest BCUT2D eigenvalue weighted by Gasteiger charge is -2.22. The van der Waals surface area contributed by atoms with Gasteiger partial charge in [-0.3, -0.25) is 0 Å². The molecule has 2 rings (SSSR count). The minimum atomic E-state index is -0.0592. The zero-order chi connectivity index (χ0) is 17.5. The van der Waals surface area contributed by atoms with Crippen molar-refractivity contribution in [2.24, 2.45) is 0 Å². The van der Waals surface area contributed by atoms with Gasteiger partial charge in [0.05, 0.1) is 6.04 Å². The van der Waals surface area contributed by atoms with Crippen molar-refractivity contribution < 1.29 is 4.79 Å². The summed E-state index contributed by atoms with van der Waals surface area (Å²) in [5, 5.41) is 3.06. The van der Waals surface area contributed by atoms with Crippen LogP contribution in [0, 0.1) is 0 Å². The molecule has 0 aromatic heterocycles. The van der Waals surface area contributed by atoms with Crippen molar-refractivity contribution in [2.45, 2.75) is 37.8 Å². The summed E-state index contributed by atoms with van der Waals surface area (Å²) in [6.07, 6.45) is 3.09. The number of benzene rings is 2. The van der Waals surface area contributed by atoms with Gasteiger partial charge in [0.1, 0.15) is 0 Å². The van der Waals surface area contributed by atoms with Gasteiger partial charge in [-0.2, -0.15) is 0 Å². The molecule has 128 valence electrons. The maximum absolute atomic E-state index is 12.4. The van der Waals surface area contributed by atoms with Gasteiger partial charge >= 0.3 is 6.03 Å². The normalized spacial score (nSPS) is 11.8. The Balaban J connectivity index is 1.91. The summed E-state index contributed by atoms with van der Waals surface area (Å²) in [6, 6.07) is 16.7. The first-order valence-corrected chi connectivity index (χ1v) is 9.49. The van der Waals surface area contributed by atoms with E-state index < -0.39 is 0 Å². The first-order valence-electron chi connectivity index (χ1n) is 8.27. The fraction of sp³-hybridized carbons (Fsp3) is 0.350. The minimum absolute atomic E-state index is 0.00952. The fourth-order valence-electron chi connectivity index (χ4n) is 2.50. The van der Waals surface area contributed by atoms with Crippen LogP contribution in [0.1, 0.15) is 36.6 Å². The largest absolute Gasteiger partial charge is 0.331 e. The van der Waals surface area contributed by atoms with Crippen molar-refractivity contribution in [1.82, 2.24) is 10.2 Å². The van der Waals surface area contributed by atoms with E-state index in [1.807, 2.05) is 14.0 Å². The lowest BCUT2D eigenvalue weighted by molar-refractivity contribution is 0.203. The Kier molecular flexibility index (Phi) is 6.73. The summed E-state index contributed by atoms with van der Waals surface area (Å²) in [5.74, 6) is 0. The second kappa shape index (κ2) is 8.78. The Morgan fingerprint density at radius 2 is 1.67 bits per heavy atom. The summed E-state index contributed by atoms with van der Waals surface area (Å²) in [7, 11) is 1.82. The van der Waals surface area contributed by atoms with Crippen molar-refractivity contribution in [3.8, 4) is 0 Å². The number of nitrogens with zero attached hydrogens (tertiary/aromatic N) is 1. The van der Waals surface area contributed by atoms with Crippen molar-refractivity contribution >= 4 is 17.8 Å². The molecule has 0 saturated carbocycles. The molecule has 0 saturated heterocycles. The van der Waals surface area contributed by atoms with Crippen LogP contribution in [0.25, 0.3) is 0 Å². The van der Waals surface area contributed by atoms with Crippen LogP contribution in [0.5, 0.6) is 0 Å². The second-order valence-corrected chi connectivity index (χ2v) is 6.85. The van der Waals surface area contributed by atoms with Gasteiger partial charge in [0.25, 0.3) is 0 Å². The van der Waals surface area contributed by atoms with Crippen molar-refractivity contribution in [3.63, 3.8) is 0 Å². The topological polar surface area (TPSA) is 32.3 Å². The van der Waals surface area contributed by atoms with E-state index in [-0.39, 0.29) is 12.1 Å². The maximum atomic E-state index is 12.4. The van der Waals surface area contributed by atoms with Crippen LogP contribution in [0.15, 0.2) is 53.4 Å². The van der Waals surface area contributed by atoms with Crippen LogP contribution in [0.4, 0.5) is 4.79 Å². The van der Waals surface area contributed by atoms with Crippen LogP contribution in [0.3, 0.4) is 0 Å². The standard InChI is InChI=1S/C20H26N2OS/c1-5-16-6-10-18(11-7-16)15(2)21-20(23)22(3)14-17-8-12-19(24-4)13-9-17/h6-13,15H,5,14H2,1-4H3,(H,21,23). The summed E-state index contributed by atoms with van der Waals surface area (Å²) < 4.78 is 0. The first kappa shape index (κ1) is 18.4. The first-order chi connectivity index (χ1) is 11.5. The summed E-state index contributed by atoms with van der Waals surface area (Å²) in [4.78, 5) is 15.3. The molecule has 0 bridgehead atoms. The predicted molar refractivity (Wildman–Crippen MR) is 102 cm³/mol. The Labute approximate surface area is 149 Å². The molecule has 1 atom stereocenters. The van der Waals surface area contributed by atoms with E-state index in [9.17, 15) is 4.79 Å². The third kappa shape index (κ3) is 5.03. The van der Waals surface area contributed by atoms with Crippen molar-refractivity contribution in [1.29, 1.82) is 0 Å². The molecule has 2 aromatic carbocycles. The molecule has 0 fully saturated rings. The molecule has 0 spiro atoms. The molecule has 2 amide bonds. The maximum Gasteiger partial charge on any atom is 0.317 e. The highest BCUT2D eigenvalue weighted by molar-refractivity contribution is 7.98. The van der Waals surface area contributed by atoms with E-state index in [4.69, 9.17) is 0 Å². The molecule has 1 unspecified atom stereocenters. The fourth-order valence-corrected chi connectivity index (χ4v) is 2.91. The van der Waals surface area contributed by atoms with Gasteiger partial charge < -0.3 is 10.2 Å². The number of amides is 2.